The molecule has 1 atom stereocenters. The first kappa shape index (κ1) is 19.4. The number of pyridine rings is 1. The molecule has 0 aliphatic carbocycles. The smallest absolute Gasteiger partial charge is 0.229 e. The number of anilines is 3. The highest BCUT2D eigenvalue weighted by Crippen LogP contribution is 2.26. The van der Waals surface area contributed by atoms with Gasteiger partial charge in [-0.15, -0.1) is 0 Å². The van der Waals surface area contributed by atoms with E-state index >= 15 is 0 Å². The lowest BCUT2D eigenvalue weighted by Gasteiger charge is -2.33. The quantitative estimate of drug-likeness (QED) is 0.862. The Balaban J connectivity index is 1.35. The van der Waals surface area contributed by atoms with E-state index in [4.69, 9.17) is 0 Å². The highest BCUT2D eigenvalue weighted by Gasteiger charge is 2.35. The molecule has 7 heteroatoms. The van der Waals surface area contributed by atoms with E-state index in [9.17, 15) is 9.59 Å². The van der Waals surface area contributed by atoms with E-state index in [1.54, 1.807) is 11.1 Å². The minimum Gasteiger partial charge on any atom is -0.354 e. The maximum atomic E-state index is 12.7. The zero-order valence-corrected chi connectivity index (χ0v) is 17.0. The number of nitrogens with one attached hydrogen (secondary N) is 1. The van der Waals surface area contributed by atoms with Crippen LogP contribution in [0.4, 0.5) is 17.2 Å². The molecule has 2 saturated heterocycles. The normalized spacial score (nSPS) is 20.2. The van der Waals surface area contributed by atoms with E-state index in [2.05, 4.69) is 27.1 Å². The first-order chi connectivity index (χ1) is 14.0. The van der Waals surface area contributed by atoms with Crippen molar-refractivity contribution in [2.24, 2.45) is 5.92 Å². The summed E-state index contributed by atoms with van der Waals surface area (Å²) in [6, 6.07) is 11.6. The van der Waals surface area contributed by atoms with E-state index < -0.39 is 0 Å². The number of carbonyl (C=O) groups excluding carboxylic acids is 2. The standard InChI is InChI=1S/C22H27N5O2/c1-16-3-6-19(7-4-16)27-15-17(13-21(27)28)22(29)24-18-5-8-20(23-14-18)26-11-9-25(2)10-12-26/h3-8,14,17H,9-13,15H2,1-2H3,(H,24,29)/t17-/m0/s1. The third kappa shape index (κ3) is 4.40. The van der Waals surface area contributed by atoms with Gasteiger partial charge in [0.05, 0.1) is 17.8 Å². The Hall–Kier alpha value is -2.93. The monoisotopic (exact) mass is 393 g/mol. The topological polar surface area (TPSA) is 68.8 Å². The Morgan fingerprint density at radius 3 is 2.45 bits per heavy atom. The third-order valence-electron chi connectivity index (χ3n) is 5.68. The summed E-state index contributed by atoms with van der Waals surface area (Å²) in [6.45, 7) is 6.36. The van der Waals surface area contributed by atoms with E-state index in [0.717, 1.165) is 43.2 Å². The Morgan fingerprint density at radius 1 is 1.07 bits per heavy atom. The first-order valence-electron chi connectivity index (χ1n) is 10.1. The van der Waals surface area contributed by atoms with Crippen molar-refractivity contribution in [3.8, 4) is 0 Å². The Bertz CT molecular complexity index is 873. The van der Waals surface area contributed by atoms with Gasteiger partial charge >= 0.3 is 0 Å². The van der Waals surface area contributed by atoms with Gasteiger partial charge in [-0.3, -0.25) is 9.59 Å². The van der Waals surface area contributed by atoms with Gasteiger partial charge in [0.1, 0.15) is 5.82 Å². The van der Waals surface area contributed by atoms with Crippen LogP contribution in [-0.4, -0.2) is 61.5 Å². The van der Waals surface area contributed by atoms with Crippen LogP contribution in [0.25, 0.3) is 0 Å². The summed E-state index contributed by atoms with van der Waals surface area (Å²) in [7, 11) is 2.12. The van der Waals surface area contributed by atoms with Crippen LogP contribution in [0.2, 0.25) is 0 Å². The summed E-state index contributed by atoms with van der Waals surface area (Å²) in [5.41, 5.74) is 2.64. The predicted octanol–water partition coefficient (Wildman–Crippen LogP) is 2.13. The third-order valence-corrected chi connectivity index (χ3v) is 5.68. The van der Waals surface area contributed by atoms with Crippen LogP contribution in [0, 0.1) is 12.8 Å². The van der Waals surface area contributed by atoms with Gasteiger partial charge in [-0.05, 0) is 38.2 Å². The molecule has 1 aromatic heterocycles. The number of aryl methyl sites for hydroxylation is 1. The molecular formula is C22H27N5O2. The number of rotatable bonds is 4. The molecule has 0 bridgehead atoms. The fourth-order valence-corrected chi connectivity index (χ4v) is 3.78. The molecule has 4 rings (SSSR count). The molecule has 2 aliphatic heterocycles. The summed E-state index contributed by atoms with van der Waals surface area (Å²) in [4.78, 5) is 35.8. The molecule has 1 N–H and O–H groups in total. The van der Waals surface area contributed by atoms with Crippen LogP contribution in [-0.2, 0) is 9.59 Å². The highest BCUT2D eigenvalue weighted by atomic mass is 16.2. The molecule has 0 unspecified atom stereocenters. The molecule has 0 spiro atoms. The van der Waals surface area contributed by atoms with E-state index in [1.807, 2.05) is 43.3 Å². The van der Waals surface area contributed by atoms with Gasteiger partial charge in [0, 0.05) is 44.8 Å². The molecule has 29 heavy (non-hydrogen) atoms. The summed E-state index contributed by atoms with van der Waals surface area (Å²) < 4.78 is 0. The molecule has 7 nitrogen and oxygen atoms in total. The molecular weight excluding hydrogens is 366 g/mol. The fraction of sp³-hybridized carbons (Fsp3) is 0.409. The van der Waals surface area contributed by atoms with Gasteiger partial charge in [-0.25, -0.2) is 4.98 Å². The maximum absolute atomic E-state index is 12.7. The van der Waals surface area contributed by atoms with Crippen LogP contribution in [0.5, 0.6) is 0 Å². The van der Waals surface area contributed by atoms with Gasteiger partial charge in [0.15, 0.2) is 0 Å². The van der Waals surface area contributed by atoms with Crippen LogP contribution >= 0.6 is 0 Å². The largest absolute Gasteiger partial charge is 0.354 e. The Morgan fingerprint density at radius 2 is 1.79 bits per heavy atom. The van der Waals surface area contributed by atoms with Crippen molar-refractivity contribution in [1.82, 2.24) is 9.88 Å². The molecule has 0 saturated carbocycles. The van der Waals surface area contributed by atoms with Gasteiger partial charge in [-0.2, -0.15) is 0 Å². The molecule has 152 valence electrons. The number of hydrogen-bond acceptors (Lipinski definition) is 5. The van der Waals surface area contributed by atoms with Gasteiger partial charge in [0.2, 0.25) is 11.8 Å². The number of nitrogens with zero attached hydrogens (tertiary/aromatic N) is 4. The number of benzene rings is 1. The second kappa shape index (κ2) is 8.21. The van der Waals surface area contributed by atoms with E-state index in [-0.39, 0.29) is 24.2 Å². The first-order valence-corrected chi connectivity index (χ1v) is 10.1. The fourth-order valence-electron chi connectivity index (χ4n) is 3.78. The second-order valence-corrected chi connectivity index (χ2v) is 7.93. The molecule has 2 fully saturated rings. The summed E-state index contributed by atoms with van der Waals surface area (Å²) in [5, 5.41) is 2.92. The van der Waals surface area contributed by atoms with Crippen LogP contribution in [0.15, 0.2) is 42.6 Å². The van der Waals surface area contributed by atoms with Crippen molar-refractivity contribution in [2.45, 2.75) is 13.3 Å². The lowest BCUT2D eigenvalue weighted by molar-refractivity contribution is -0.122. The highest BCUT2D eigenvalue weighted by molar-refractivity contribution is 6.03. The number of aromatic nitrogens is 1. The van der Waals surface area contributed by atoms with Crippen molar-refractivity contribution in [3.63, 3.8) is 0 Å². The van der Waals surface area contributed by atoms with Crippen molar-refractivity contribution in [2.75, 3.05) is 54.9 Å². The molecule has 2 amide bonds. The van der Waals surface area contributed by atoms with Crippen molar-refractivity contribution < 1.29 is 9.59 Å². The Kier molecular flexibility index (Phi) is 5.49. The van der Waals surface area contributed by atoms with E-state index in [1.165, 1.54) is 0 Å². The molecule has 3 heterocycles. The van der Waals surface area contributed by atoms with Crippen molar-refractivity contribution in [3.05, 3.63) is 48.2 Å². The van der Waals surface area contributed by atoms with E-state index in [0.29, 0.717) is 12.2 Å². The average molecular weight is 393 g/mol. The van der Waals surface area contributed by atoms with Crippen LogP contribution in [0.1, 0.15) is 12.0 Å². The minimum absolute atomic E-state index is 0.0162. The number of piperazine rings is 1. The van der Waals surface area contributed by atoms with Crippen molar-refractivity contribution in [1.29, 1.82) is 0 Å². The number of amides is 2. The minimum atomic E-state index is -0.360. The molecule has 2 aliphatic rings. The lowest BCUT2D eigenvalue weighted by atomic mass is 10.1. The zero-order chi connectivity index (χ0) is 20.4. The SMILES string of the molecule is Cc1ccc(N2C[C@@H](C(=O)Nc3ccc(N4CCN(C)CC4)nc3)CC2=O)cc1. The summed E-state index contributed by atoms with van der Waals surface area (Å²) >= 11 is 0. The maximum Gasteiger partial charge on any atom is 0.229 e. The van der Waals surface area contributed by atoms with Crippen LogP contribution < -0.4 is 15.1 Å². The zero-order valence-electron chi connectivity index (χ0n) is 17.0. The second-order valence-electron chi connectivity index (χ2n) is 7.93. The molecule has 1 aromatic carbocycles. The number of likely N-dealkylation sites (N-methyl/N-ethyl adjacent to an activating group) is 1. The Labute approximate surface area is 171 Å². The lowest BCUT2D eigenvalue weighted by Crippen LogP contribution is -2.44. The average Bonchev–Trinajstić information content (AvgIpc) is 3.12. The summed E-state index contributed by atoms with van der Waals surface area (Å²) in [6.07, 6.45) is 1.92. The summed E-state index contributed by atoms with van der Waals surface area (Å²) in [5.74, 6) is 0.415. The number of carbonyl (C=O) groups is 2. The van der Waals surface area contributed by atoms with Gasteiger partial charge in [-0.1, -0.05) is 17.7 Å². The van der Waals surface area contributed by atoms with Crippen molar-refractivity contribution >= 4 is 29.0 Å². The predicted molar refractivity (Wildman–Crippen MR) is 114 cm³/mol. The van der Waals surface area contributed by atoms with Gasteiger partial charge in [0.25, 0.3) is 0 Å². The van der Waals surface area contributed by atoms with Crippen LogP contribution in [0.3, 0.4) is 0 Å². The number of hydrogen-bond donors (Lipinski definition) is 1. The molecule has 0 radical (unpaired) electrons. The molecule has 2 aromatic rings. The van der Waals surface area contributed by atoms with Gasteiger partial charge < -0.3 is 20.0 Å².